The molecule has 3 N–H and O–H groups in total. The van der Waals surface area contributed by atoms with E-state index in [1.54, 1.807) is 0 Å². The Morgan fingerprint density at radius 3 is 2.75 bits per heavy atom. The Hall–Kier alpha value is -0.610. The molecule has 1 heterocycles. The van der Waals surface area contributed by atoms with Crippen LogP contribution >= 0.6 is 0 Å². The fourth-order valence-corrected chi connectivity index (χ4v) is 3.79. The zero-order valence-electron chi connectivity index (χ0n) is 13.1. The van der Waals surface area contributed by atoms with Gasteiger partial charge in [0.2, 0.25) is 5.91 Å². The molecule has 0 spiro atoms. The van der Waals surface area contributed by atoms with Gasteiger partial charge in [0.1, 0.15) is 0 Å². The molecule has 20 heavy (non-hydrogen) atoms. The maximum absolute atomic E-state index is 12.4. The smallest absolute Gasteiger partial charge is 0.223 e. The summed E-state index contributed by atoms with van der Waals surface area (Å²) in [6.07, 6.45) is 4.30. The molecule has 0 radical (unpaired) electrons. The monoisotopic (exact) mass is 282 g/mol. The zero-order valence-corrected chi connectivity index (χ0v) is 13.1. The number of ether oxygens (including phenoxy) is 1. The van der Waals surface area contributed by atoms with Crippen molar-refractivity contribution in [1.82, 2.24) is 5.32 Å². The van der Waals surface area contributed by atoms with Crippen LogP contribution in [0, 0.1) is 23.7 Å². The van der Waals surface area contributed by atoms with E-state index in [2.05, 4.69) is 26.1 Å². The van der Waals surface area contributed by atoms with Crippen LogP contribution in [0.25, 0.3) is 0 Å². The van der Waals surface area contributed by atoms with Crippen molar-refractivity contribution in [2.45, 2.75) is 58.6 Å². The normalized spacial score (nSPS) is 41.6. The molecule has 1 aliphatic heterocycles. The van der Waals surface area contributed by atoms with E-state index in [0.717, 1.165) is 38.8 Å². The predicted octanol–water partition coefficient (Wildman–Crippen LogP) is 1.93. The van der Waals surface area contributed by atoms with Crippen molar-refractivity contribution >= 4 is 5.91 Å². The molecule has 0 aromatic carbocycles. The van der Waals surface area contributed by atoms with Gasteiger partial charge in [-0.15, -0.1) is 0 Å². The Balaban J connectivity index is 1.82. The molecule has 1 amide bonds. The minimum Gasteiger partial charge on any atom is -0.378 e. The van der Waals surface area contributed by atoms with Gasteiger partial charge in [0.25, 0.3) is 0 Å². The second-order valence-electron chi connectivity index (χ2n) is 6.81. The molecule has 2 fully saturated rings. The van der Waals surface area contributed by atoms with Crippen LogP contribution in [0.5, 0.6) is 0 Å². The number of hydrogen-bond donors (Lipinski definition) is 2. The Morgan fingerprint density at radius 2 is 2.05 bits per heavy atom. The van der Waals surface area contributed by atoms with E-state index in [9.17, 15) is 4.79 Å². The van der Waals surface area contributed by atoms with Gasteiger partial charge in [-0.1, -0.05) is 20.8 Å². The second kappa shape index (κ2) is 6.90. The van der Waals surface area contributed by atoms with E-state index >= 15 is 0 Å². The molecule has 0 bridgehead atoms. The average molecular weight is 282 g/mol. The van der Waals surface area contributed by atoms with Crippen molar-refractivity contribution < 1.29 is 9.53 Å². The maximum Gasteiger partial charge on any atom is 0.223 e. The number of carbonyl (C=O) groups excluding carboxylic acids is 1. The molecule has 2 rings (SSSR count). The topological polar surface area (TPSA) is 64.3 Å². The van der Waals surface area contributed by atoms with E-state index in [-0.39, 0.29) is 17.9 Å². The molecule has 1 saturated carbocycles. The minimum atomic E-state index is 0.0867. The first kappa shape index (κ1) is 15.8. The summed E-state index contributed by atoms with van der Waals surface area (Å²) in [5.74, 6) is 1.73. The molecule has 6 unspecified atom stereocenters. The van der Waals surface area contributed by atoms with Crippen LogP contribution in [0.15, 0.2) is 0 Å². The fourth-order valence-electron chi connectivity index (χ4n) is 3.79. The van der Waals surface area contributed by atoms with Crippen LogP contribution in [-0.2, 0) is 9.53 Å². The zero-order chi connectivity index (χ0) is 14.7. The summed E-state index contributed by atoms with van der Waals surface area (Å²) in [4.78, 5) is 12.4. The first-order chi connectivity index (χ1) is 9.52. The number of rotatable bonds is 4. The summed E-state index contributed by atoms with van der Waals surface area (Å²) in [7, 11) is 0. The highest BCUT2D eigenvalue weighted by Crippen LogP contribution is 2.33. The number of amides is 1. The van der Waals surface area contributed by atoms with Crippen molar-refractivity contribution in [2.75, 3.05) is 13.2 Å². The first-order valence-electron chi connectivity index (χ1n) is 8.17. The first-order valence-corrected chi connectivity index (χ1v) is 8.17. The van der Waals surface area contributed by atoms with E-state index < -0.39 is 0 Å². The van der Waals surface area contributed by atoms with Crippen LogP contribution in [0.4, 0.5) is 0 Å². The SMILES string of the molecule is CCC1OCCC1CNC(=O)C1CC(N)C(C)CC1C. The van der Waals surface area contributed by atoms with E-state index in [0.29, 0.717) is 23.9 Å². The lowest BCUT2D eigenvalue weighted by Crippen LogP contribution is -2.46. The van der Waals surface area contributed by atoms with Crippen LogP contribution in [-0.4, -0.2) is 31.2 Å². The predicted molar refractivity (Wildman–Crippen MR) is 80.2 cm³/mol. The molecular formula is C16H30N2O2. The molecule has 2 aliphatic rings. The largest absolute Gasteiger partial charge is 0.378 e. The van der Waals surface area contributed by atoms with Crippen molar-refractivity contribution in [1.29, 1.82) is 0 Å². The lowest BCUT2D eigenvalue weighted by atomic mass is 9.72. The average Bonchev–Trinajstić information content (AvgIpc) is 2.87. The fraction of sp³-hybridized carbons (Fsp3) is 0.938. The third-order valence-electron chi connectivity index (χ3n) is 5.31. The van der Waals surface area contributed by atoms with Gasteiger partial charge in [-0.3, -0.25) is 4.79 Å². The van der Waals surface area contributed by atoms with Gasteiger partial charge in [-0.25, -0.2) is 0 Å². The third kappa shape index (κ3) is 3.53. The molecule has 1 aliphatic carbocycles. The van der Waals surface area contributed by atoms with Crippen LogP contribution in [0.3, 0.4) is 0 Å². The van der Waals surface area contributed by atoms with Gasteiger partial charge in [0.15, 0.2) is 0 Å². The van der Waals surface area contributed by atoms with Crippen LogP contribution in [0.2, 0.25) is 0 Å². The van der Waals surface area contributed by atoms with Gasteiger partial charge in [-0.2, -0.15) is 0 Å². The Morgan fingerprint density at radius 1 is 1.30 bits per heavy atom. The Kier molecular flexibility index (Phi) is 5.44. The molecule has 116 valence electrons. The summed E-state index contributed by atoms with van der Waals surface area (Å²) in [6, 6.07) is 0.167. The van der Waals surface area contributed by atoms with Crippen molar-refractivity contribution in [3.8, 4) is 0 Å². The van der Waals surface area contributed by atoms with Crippen molar-refractivity contribution in [3.63, 3.8) is 0 Å². The van der Waals surface area contributed by atoms with E-state index in [1.165, 1.54) is 0 Å². The van der Waals surface area contributed by atoms with Crippen molar-refractivity contribution in [3.05, 3.63) is 0 Å². The number of carbonyl (C=O) groups is 1. The van der Waals surface area contributed by atoms with Gasteiger partial charge in [0, 0.05) is 31.0 Å². The quantitative estimate of drug-likeness (QED) is 0.828. The molecule has 4 nitrogen and oxygen atoms in total. The number of nitrogens with two attached hydrogens (primary N) is 1. The van der Waals surface area contributed by atoms with Gasteiger partial charge in [0.05, 0.1) is 6.10 Å². The summed E-state index contributed by atoms with van der Waals surface area (Å²) in [6.45, 7) is 8.11. The van der Waals surface area contributed by atoms with E-state index in [1.807, 2.05) is 0 Å². The Bertz CT molecular complexity index is 334. The summed E-state index contributed by atoms with van der Waals surface area (Å²) >= 11 is 0. The van der Waals surface area contributed by atoms with E-state index in [4.69, 9.17) is 10.5 Å². The molecule has 1 saturated heterocycles. The summed E-state index contributed by atoms with van der Waals surface area (Å²) < 4.78 is 5.67. The standard InChI is InChI=1S/C16H30N2O2/c1-4-15-12(5-6-20-15)9-18-16(19)13-8-14(17)11(3)7-10(13)2/h10-15H,4-9,17H2,1-3H3,(H,18,19). The number of nitrogens with one attached hydrogen (secondary N) is 1. The highest BCUT2D eigenvalue weighted by molar-refractivity contribution is 5.79. The van der Waals surface area contributed by atoms with Gasteiger partial charge >= 0.3 is 0 Å². The molecule has 0 aromatic heterocycles. The second-order valence-corrected chi connectivity index (χ2v) is 6.81. The molecular weight excluding hydrogens is 252 g/mol. The minimum absolute atomic E-state index is 0.0867. The van der Waals surface area contributed by atoms with Crippen molar-refractivity contribution in [2.24, 2.45) is 29.4 Å². The highest BCUT2D eigenvalue weighted by atomic mass is 16.5. The third-order valence-corrected chi connectivity index (χ3v) is 5.31. The molecule has 6 atom stereocenters. The van der Waals surface area contributed by atoms with Gasteiger partial charge < -0.3 is 15.8 Å². The molecule has 0 aromatic rings. The Labute approximate surface area is 122 Å². The van der Waals surface area contributed by atoms with Crippen LogP contribution < -0.4 is 11.1 Å². The number of hydrogen-bond acceptors (Lipinski definition) is 3. The summed E-state index contributed by atoms with van der Waals surface area (Å²) in [5.41, 5.74) is 6.13. The maximum atomic E-state index is 12.4. The highest BCUT2D eigenvalue weighted by Gasteiger charge is 2.35. The lowest BCUT2D eigenvalue weighted by Gasteiger charge is -2.36. The van der Waals surface area contributed by atoms with Crippen LogP contribution in [0.1, 0.15) is 46.5 Å². The molecule has 4 heteroatoms. The summed E-state index contributed by atoms with van der Waals surface area (Å²) in [5, 5.41) is 3.15. The van der Waals surface area contributed by atoms with Gasteiger partial charge in [-0.05, 0) is 37.5 Å². The lowest BCUT2D eigenvalue weighted by molar-refractivity contribution is -0.128.